The van der Waals surface area contributed by atoms with E-state index in [1.165, 1.54) is 0 Å². The minimum atomic E-state index is 0.852. The fourth-order valence-electron chi connectivity index (χ4n) is 3.84. The summed E-state index contributed by atoms with van der Waals surface area (Å²) in [6.45, 7) is 0. The summed E-state index contributed by atoms with van der Waals surface area (Å²) in [5.41, 5.74) is 3.75. The maximum absolute atomic E-state index is 5.31. The minimum Gasteiger partial charge on any atom is -0.497 e. The largest absolute Gasteiger partial charge is 0.497 e. The van der Waals surface area contributed by atoms with Gasteiger partial charge in [0.05, 0.1) is 14.2 Å². The Balaban J connectivity index is 1.43. The van der Waals surface area contributed by atoms with Crippen molar-refractivity contribution in [2.75, 3.05) is 14.2 Å². The molecule has 0 spiro atoms. The summed E-state index contributed by atoms with van der Waals surface area (Å²) in [4.78, 5) is 0. The van der Waals surface area contributed by atoms with Crippen LogP contribution in [0, 0.1) is 23.7 Å². The van der Waals surface area contributed by atoms with Crippen LogP contribution in [0.1, 0.15) is 22.3 Å². The molecule has 0 bridgehead atoms. The van der Waals surface area contributed by atoms with Crippen molar-refractivity contribution < 1.29 is 9.47 Å². The molecule has 5 rings (SSSR count). The first kappa shape index (κ1) is 21.2. The lowest BCUT2D eigenvalue weighted by Crippen LogP contribution is -1.85. The predicted octanol–water partition coefficient (Wildman–Crippen LogP) is 6.81. The lowest BCUT2D eigenvalue weighted by molar-refractivity contribution is 0.415. The summed E-state index contributed by atoms with van der Waals surface area (Å²) in [6, 6.07) is 32.5. The first-order valence-corrected chi connectivity index (χ1v) is 11.0. The fourth-order valence-corrected chi connectivity index (χ4v) is 3.84. The topological polar surface area (TPSA) is 18.5 Å². The van der Waals surface area contributed by atoms with Gasteiger partial charge in [0.15, 0.2) is 0 Å². The second-order valence-corrected chi connectivity index (χ2v) is 7.90. The van der Waals surface area contributed by atoms with Crippen molar-refractivity contribution in [2.24, 2.45) is 0 Å². The van der Waals surface area contributed by atoms with Gasteiger partial charge in [0, 0.05) is 22.3 Å². The number of methoxy groups -OCH3 is 2. The van der Waals surface area contributed by atoms with Gasteiger partial charge in [-0.3, -0.25) is 0 Å². The molecule has 2 heteroatoms. The Labute approximate surface area is 199 Å². The molecule has 34 heavy (non-hydrogen) atoms. The summed E-state index contributed by atoms with van der Waals surface area (Å²) >= 11 is 0. The van der Waals surface area contributed by atoms with Gasteiger partial charge in [0.1, 0.15) is 11.5 Å². The van der Waals surface area contributed by atoms with Crippen molar-refractivity contribution in [1.29, 1.82) is 0 Å². The molecule has 0 heterocycles. The Morgan fingerprint density at radius 2 is 0.853 bits per heavy atom. The van der Waals surface area contributed by atoms with Crippen molar-refractivity contribution in [1.82, 2.24) is 0 Å². The van der Waals surface area contributed by atoms with E-state index in [9.17, 15) is 0 Å². The van der Waals surface area contributed by atoms with Crippen LogP contribution in [-0.4, -0.2) is 14.2 Å². The van der Waals surface area contributed by atoms with Crippen LogP contribution < -0.4 is 9.47 Å². The zero-order chi connectivity index (χ0) is 23.3. The average molecular weight is 439 g/mol. The molecule has 0 fully saturated rings. The third-order valence-corrected chi connectivity index (χ3v) is 5.70. The zero-order valence-corrected chi connectivity index (χ0v) is 19.1. The molecule has 5 aromatic rings. The van der Waals surface area contributed by atoms with E-state index in [-0.39, 0.29) is 0 Å². The summed E-state index contributed by atoms with van der Waals surface area (Å²) in [5, 5.41) is 4.53. The van der Waals surface area contributed by atoms with E-state index in [0.29, 0.717) is 0 Å². The normalized spacial score (nSPS) is 10.2. The van der Waals surface area contributed by atoms with Crippen molar-refractivity contribution in [3.05, 3.63) is 119 Å². The molecule has 0 saturated carbocycles. The second kappa shape index (κ2) is 9.45. The molecule has 162 valence electrons. The molecular weight excluding hydrogens is 416 g/mol. The molecule has 0 aromatic heterocycles. The van der Waals surface area contributed by atoms with Crippen LogP contribution >= 0.6 is 0 Å². The highest BCUT2D eigenvalue weighted by atomic mass is 16.5. The standard InChI is InChI=1S/C32H22O2/c1-33-31-17-15-27-19-23(9-13-29(27)21-31)7-11-25-5-3-4-6-26(25)12-8-24-10-14-30-22-32(34-2)18-16-28(30)20-24/h3-6,9-10,13-22H,1-2H3. The third-order valence-electron chi connectivity index (χ3n) is 5.70. The van der Waals surface area contributed by atoms with E-state index in [1.54, 1.807) is 14.2 Å². The Bertz CT molecular complexity index is 1510. The second-order valence-electron chi connectivity index (χ2n) is 7.90. The molecule has 0 atom stereocenters. The summed E-state index contributed by atoms with van der Waals surface area (Å²) < 4.78 is 10.6. The van der Waals surface area contributed by atoms with Gasteiger partial charge in [0.25, 0.3) is 0 Å². The van der Waals surface area contributed by atoms with Gasteiger partial charge >= 0.3 is 0 Å². The highest BCUT2D eigenvalue weighted by molar-refractivity contribution is 5.86. The lowest BCUT2D eigenvalue weighted by Gasteiger charge is -2.03. The Morgan fingerprint density at radius 3 is 1.29 bits per heavy atom. The Morgan fingerprint density at radius 1 is 0.441 bits per heavy atom. The fraction of sp³-hybridized carbons (Fsp3) is 0.0625. The maximum atomic E-state index is 5.31. The minimum absolute atomic E-state index is 0.852. The zero-order valence-electron chi connectivity index (χ0n) is 19.1. The molecule has 5 aromatic carbocycles. The van der Waals surface area contributed by atoms with Crippen LogP contribution in [0.2, 0.25) is 0 Å². The quantitative estimate of drug-likeness (QED) is 0.282. The molecule has 0 aliphatic heterocycles. The molecule has 0 unspecified atom stereocenters. The van der Waals surface area contributed by atoms with Gasteiger partial charge in [-0.05, 0) is 82.2 Å². The predicted molar refractivity (Wildman–Crippen MR) is 139 cm³/mol. The maximum Gasteiger partial charge on any atom is 0.119 e. The summed E-state index contributed by atoms with van der Waals surface area (Å²) in [5.74, 6) is 14.9. The highest BCUT2D eigenvalue weighted by Gasteiger charge is 2.00. The number of ether oxygens (including phenoxy) is 2. The molecule has 0 aliphatic rings. The van der Waals surface area contributed by atoms with Crippen LogP contribution in [0.15, 0.2) is 97.1 Å². The van der Waals surface area contributed by atoms with Crippen LogP contribution in [0.5, 0.6) is 11.5 Å². The van der Waals surface area contributed by atoms with Crippen molar-refractivity contribution in [2.45, 2.75) is 0 Å². The third kappa shape index (κ3) is 4.58. The van der Waals surface area contributed by atoms with E-state index in [0.717, 1.165) is 55.3 Å². The summed E-state index contributed by atoms with van der Waals surface area (Å²) in [7, 11) is 3.36. The first-order valence-electron chi connectivity index (χ1n) is 11.0. The highest BCUT2D eigenvalue weighted by Crippen LogP contribution is 2.23. The van der Waals surface area contributed by atoms with E-state index < -0.39 is 0 Å². The monoisotopic (exact) mass is 438 g/mol. The van der Waals surface area contributed by atoms with Gasteiger partial charge in [0.2, 0.25) is 0 Å². The Kier molecular flexibility index (Phi) is 5.89. The van der Waals surface area contributed by atoms with Gasteiger partial charge in [-0.1, -0.05) is 60.1 Å². The first-order chi connectivity index (χ1) is 16.7. The van der Waals surface area contributed by atoms with Crippen molar-refractivity contribution >= 4 is 21.5 Å². The Hall–Kier alpha value is -4.66. The average Bonchev–Trinajstić information content (AvgIpc) is 2.90. The van der Waals surface area contributed by atoms with Gasteiger partial charge < -0.3 is 9.47 Å². The van der Waals surface area contributed by atoms with Gasteiger partial charge in [-0.15, -0.1) is 0 Å². The SMILES string of the molecule is COc1ccc2cc(C#Cc3ccccc3C#Cc3ccc4cc(OC)ccc4c3)ccc2c1. The summed E-state index contributed by atoms with van der Waals surface area (Å²) in [6.07, 6.45) is 0. The molecule has 0 N–H and O–H groups in total. The smallest absolute Gasteiger partial charge is 0.119 e. The van der Waals surface area contributed by atoms with Crippen LogP contribution in [0.4, 0.5) is 0 Å². The van der Waals surface area contributed by atoms with E-state index in [2.05, 4.69) is 60.1 Å². The molecular formula is C32H22O2. The molecule has 2 nitrogen and oxygen atoms in total. The number of hydrogen-bond acceptors (Lipinski definition) is 2. The molecule has 0 aliphatic carbocycles. The van der Waals surface area contributed by atoms with Crippen LogP contribution in [0.3, 0.4) is 0 Å². The molecule has 0 amide bonds. The van der Waals surface area contributed by atoms with Crippen LogP contribution in [-0.2, 0) is 0 Å². The van der Waals surface area contributed by atoms with E-state index >= 15 is 0 Å². The van der Waals surface area contributed by atoms with Gasteiger partial charge in [-0.25, -0.2) is 0 Å². The van der Waals surface area contributed by atoms with Gasteiger partial charge in [-0.2, -0.15) is 0 Å². The molecule has 0 saturated heterocycles. The van der Waals surface area contributed by atoms with Crippen molar-refractivity contribution in [3.63, 3.8) is 0 Å². The molecule has 0 radical (unpaired) electrons. The van der Waals surface area contributed by atoms with E-state index in [4.69, 9.17) is 9.47 Å². The van der Waals surface area contributed by atoms with Crippen LogP contribution in [0.25, 0.3) is 21.5 Å². The lowest BCUT2D eigenvalue weighted by atomic mass is 10.0. The number of rotatable bonds is 2. The number of benzene rings is 5. The number of hydrogen-bond donors (Lipinski definition) is 0. The number of fused-ring (bicyclic) bond motifs is 2. The van der Waals surface area contributed by atoms with E-state index in [1.807, 2.05) is 60.7 Å². The van der Waals surface area contributed by atoms with Crippen molar-refractivity contribution in [3.8, 4) is 35.2 Å².